The van der Waals surface area contributed by atoms with Gasteiger partial charge in [-0.3, -0.25) is 0 Å². The van der Waals surface area contributed by atoms with Gasteiger partial charge < -0.3 is 20.7 Å². The van der Waals surface area contributed by atoms with Crippen LogP contribution in [0.1, 0.15) is 11.8 Å². The molecule has 0 aliphatic carbocycles. The van der Waals surface area contributed by atoms with Crippen LogP contribution in [0.4, 0.5) is 5.82 Å². The number of aromatic nitrogens is 3. The predicted octanol–water partition coefficient (Wildman–Crippen LogP) is 0.591. The Balaban J connectivity index is 2.10. The molecule has 3 heterocycles. The fraction of sp³-hybridized carbons (Fsp3) is 0.455. The third-order valence-electron chi connectivity index (χ3n) is 3.37. The quantitative estimate of drug-likeness (QED) is 0.629. The minimum absolute atomic E-state index is 0.281. The molecule has 0 saturated carbocycles. The lowest BCUT2D eigenvalue weighted by molar-refractivity contribution is -0.0239. The summed E-state index contributed by atoms with van der Waals surface area (Å²) in [5.74, 6) is 0.359. The number of hydrogen-bond donors (Lipinski definition) is 3. The number of aliphatic hydroxyl groups excluding tert-OH is 2. The number of alkyl halides is 2. The Morgan fingerprint density at radius 1 is 1.45 bits per heavy atom. The van der Waals surface area contributed by atoms with E-state index >= 15 is 0 Å². The van der Waals surface area contributed by atoms with Crippen LogP contribution in [-0.2, 0) is 4.74 Å². The van der Waals surface area contributed by atoms with E-state index in [2.05, 4.69) is 41.9 Å². The average molecular weight is 408 g/mol. The van der Waals surface area contributed by atoms with Gasteiger partial charge in [-0.05, 0) is 12.1 Å². The van der Waals surface area contributed by atoms with Gasteiger partial charge in [0.1, 0.15) is 33.4 Å². The Bertz CT molecular complexity index is 648. The van der Waals surface area contributed by atoms with Gasteiger partial charge in [-0.2, -0.15) is 5.10 Å². The largest absolute Gasteiger partial charge is 0.394 e. The molecule has 3 atom stereocenters. The molecule has 9 heteroatoms. The van der Waals surface area contributed by atoms with Gasteiger partial charge in [0.2, 0.25) is 0 Å². The molecule has 0 unspecified atom stereocenters. The summed E-state index contributed by atoms with van der Waals surface area (Å²) in [4.78, 5) is 3.92. The van der Waals surface area contributed by atoms with E-state index in [-0.39, 0.29) is 6.61 Å². The first-order chi connectivity index (χ1) is 9.46. The first-order valence-corrected chi connectivity index (χ1v) is 7.45. The number of nitrogen functional groups attached to an aromatic ring is 1. The van der Waals surface area contributed by atoms with Crippen molar-refractivity contribution >= 4 is 43.2 Å². The third-order valence-corrected chi connectivity index (χ3v) is 5.14. The molecule has 0 spiro atoms. The number of rotatable bonds is 2. The second-order valence-electron chi connectivity index (χ2n) is 4.56. The van der Waals surface area contributed by atoms with Crippen LogP contribution < -0.4 is 5.73 Å². The molecule has 0 amide bonds. The number of hydrogen-bond acceptors (Lipinski definition) is 6. The van der Waals surface area contributed by atoms with Crippen LogP contribution in [0.25, 0.3) is 5.52 Å². The molecule has 2 aromatic rings. The van der Waals surface area contributed by atoms with Crippen molar-refractivity contribution in [1.29, 1.82) is 0 Å². The van der Waals surface area contributed by atoms with Crippen molar-refractivity contribution in [3.63, 3.8) is 0 Å². The summed E-state index contributed by atoms with van der Waals surface area (Å²) in [5, 5.41) is 23.6. The SMILES string of the molecule is Nc1ncnn2c([C@@H]3O[C@H](CO)[C@H](O)C3(Br)Br)ccc12. The number of anilines is 1. The Hall–Kier alpha value is -0.740. The lowest BCUT2D eigenvalue weighted by atomic mass is 10.1. The van der Waals surface area contributed by atoms with Gasteiger partial charge in [0.05, 0.1) is 12.3 Å². The highest BCUT2D eigenvalue weighted by atomic mass is 79.9. The molecule has 7 nitrogen and oxygen atoms in total. The standard InChI is InChI=1S/C11H12Br2N4O3/c12-11(13)8(19)7(3-18)20-9(11)5-1-2-6-10(14)15-4-16-17(5)6/h1-2,4,7-9,18-19H,3H2,(H2,14,15,16)/t7-,8+,9+/m1/s1. The summed E-state index contributed by atoms with van der Waals surface area (Å²) in [6.07, 6.45) is -0.803. The molecule has 0 bridgehead atoms. The molecule has 1 aliphatic rings. The molecule has 2 aromatic heterocycles. The minimum Gasteiger partial charge on any atom is -0.394 e. The third kappa shape index (κ3) is 1.96. The van der Waals surface area contributed by atoms with Gasteiger partial charge in [-0.1, -0.05) is 31.9 Å². The van der Waals surface area contributed by atoms with E-state index < -0.39 is 21.5 Å². The van der Waals surface area contributed by atoms with Gasteiger partial charge in [0.15, 0.2) is 5.82 Å². The maximum Gasteiger partial charge on any atom is 0.151 e. The lowest BCUT2D eigenvalue weighted by Crippen LogP contribution is -2.35. The Morgan fingerprint density at radius 3 is 2.85 bits per heavy atom. The molecule has 108 valence electrons. The maximum atomic E-state index is 10.2. The summed E-state index contributed by atoms with van der Waals surface area (Å²) in [6.45, 7) is -0.281. The number of ether oxygens (including phenoxy) is 1. The van der Waals surface area contributed by atoms with Crippen LogP contribution in [0, 0.1) is 0 Å². The zero-order chi connectivity index (χ0) is 14.5. The van der Waals surface area contributed by atoms with Crippen molar-refractivity contribution < 1.29 is 14.9 Å². The molecule has 1 fully saturated rings. The number of nitrogens with two attached hydrogens (primary N) is 1. The van der Waals surface area contributed by atoms with Crippen LogP contribution in [0.5, 0.6) is 0 Å². The van der Waals surface area contributed by atoms with Crippen LogP contribution in [0.2, 0.25) is 0 Å². The highest BCUT2D eigenvalue weighted by Gasteiger charge is 2.54. The first kappa shape index (κ1) is 14.2. The van der Waals surface area contributed by atoms with E-state index in [4.69, 9.17) is 10.5 Å². The van der Waals surface area contributed by atoms with Gasteiger partial charge in [0.25, 0.3) is 0 Å². The Labute approximate surface area is 131 Å². The monoisotopic (exact) mass is 406 g/mol. The predicted molar refractivity (Wildman–Crippen MR) is 78.7 cm³/mol. The number of aliphatic hydroxyl groups is 2. The average Bonchev–Trinajstić information content (AvgIpc) is 2.92. The normalized spacial score (nSPS) is 29.1. The zero-order valence-electron chi connectivity index (χ0n) is 10.1. The van der Waals surface area contributed by atoms with Crippen molar-refractivity contribution in [1.82, 2.24) is 14.6 Å². The highest BCUT2D eigenvalue weighted by Crippen LogP contribution is 2.51. The Kier molecular flexibility index (Phi) is 3.49. The van der Waals surface area contributed by atoms with Gasteiger partial charge >= 0.3 is 0 Å². The van der Waals surface area contributed by atoms with Gasteiger partial charge in [-0.25, -0.2) is 9.50 Å². The molecule has 4 N–H and O–H groups in total. The van der Waals surface area contributed by atoms with Crippen LogP contribution in [0.15, 0.2) is 18.5 Å². The van der Waals surface area contributed by atoms with E-state index in [1.807, 2.05) is 0 Å². The molecular formula is C11H12Br2N4O3. The number of nitrogens with zero attached hydrogens (tertiary/aromatic N) is 3. The maximum absolute atomic E-state index is 10.2. The summed E-state index contributed by atoms with van der Waals surface area (Å²) < 4.78 is 6.41. The number of halogens is 2. The molecule has 3 rings (SSSR count). The fourth-order valence-corrected chi connectivity index (χ4v) is 3.60. The molecule has 20 heavy (non-hydrogen) atoms. The molecular weight excluding hydrogens is 396 g/mol. The lowest BCUT2D eigenvalue weighted by Gasteiger charge is -2.23. The van der Waals surface area contributed by atoms with E-state index in [1.54, 1.807) is 16.6 Å². The second kappa shape index (κ2) is 4.92. The molecule has 1 saturated heterocycles. The van der Waals surface area contributed by atoms with Gasteiger partial charge in [-0.15, -0.1) is 0 Å². The molecule has 0 aromatic carbocycles. The van der Waals surface area contributed by atoms with E-state index in [9.17, 15) is 10.2 Å². The van der Waals surface area contributed by atoms with Crippen molar-refractivity contribution in [2.24, 2.45) is 0 Å². The molecule has 0 radical (unpaired) electrons. The van der Waals surface area contributed by atoms with E-state index in [0.29, 0.717) is 17.0 Å². The van der Waals surface area contributed by atoms with Crippen molar-refractivity contribution in [2.75, 3.05) is 12.3 Å². The van der Waals surface area contributed by atoms with Crippen LogP contribution >= 0.6 is 31.9 Å². The van der Waals surface area contributed by atoms with Crippen molar-refractivity contribution in [3.8, 4) is 0 Å². The number of fused-ring (bicyclic) bond motifs is 1. The Morgan fingerprint density at radius 2 is 2.20 bits per heavy atom. The topological polar surface area (TPSA) is 106 Å². The van der Waals surface area contributed by atoms with E-state index in [0.717, 1.165) is 0 Å². The zero-order valence-corrected chi connectivity index (χ0v) is 13.3. The van der Waals surface area contributed by atoms with Crippen LogP contribution in [-0.4, -0.2) is 46.9 Å². The van der Waals surface area contributed by atoms with E-state index in [1.165, 1.54) is 6.33 Å². The summed E-state index contributed by atoms with van der Waals surface area (Å²) in [7, 11) is 0. The fourth-order valence-electron chi connectivity index (χ4n) is 2.32. The second-order valence-corrected chi connectivity index (χ2v) is 8.25. The summed E-state index contributed by atoms with van der Waals surface area (Å²) in [5.41, 5.74) is 7.14. The molecule has 1 aliphatic heterocycles. The first-order valence-electron chi connectivity index (χ1n) is 5.87. The van der Waals surface area contributed by atoms with Crippen molar-refractivity contribution in [2.45, 2.75) is 21.5 Å². The minimum atomic E-state index is -0.915. The highest BCUT2D eigenvalue weighted by molar-refractivity contribution is 9.25. The summed E-state index contributed by atoms with van der Waals surface area (Å²) in [6, 6.07) is 3.58. The van der Waals surface area contributed by atoms with Crippen LogP contribution in [0.3, 0.4) is 0 Å². The smallest absolute Gasteiger partial charge is 0.151 e. The summed E-state index contributed by atoms with van der Waals surface area (Å²) >= 11 is 6.85. The van der Waals surface area contributed by atoms with Gasteiger partial charge in [0, 0.05) is 0 Å². The van der Waals surface area contributed by atoms with Crippen molar-refractivity contribution in [3.05, 3.63) is 24.2 Å².